The Morgan fingerprint density at radius 2 is 0.963 bits per heavy atom. The molecule has 0 spiro atoms. The minimum Gasteiger partial charge on any atom is -0.465 e. The largest absolute Gasteiger partial charge is 0.465 e. The number of likely N-dealkylation sites (tertiary alicyclic amines) is 2. The molecule has 54 heavy (non-hydrogen) atoms. The van der Waals surface area contributed by atoms with Gasteiger partial charge in [0.25, 0.3) is 0 Å². The predicted molar refractivity (Wildman–Crippen MR) is 195 cm³/mol. The zero-order chi connectivity index (χ0) is 36.8. The Hall–Kier alpha value is -5.66. The Balaban J connectivity index is 0.810. The summed E-state index contributed by atoms with van der Waals surface area (Å²) in [7, 11) is 0. The van der Waals surface area contributed by atoms with Gasteiger partial charge in [-0.1, -0.05) is 48.5 Å². The van der Waals surface area contributed by atoms with E-state index in [0.717, 1.165) is 96.7 Å². The third-order valence-corrected chi connectivity index (χ3v) is 12.5. The lowest BCUT2D eigenvalue weighted by atomic mass is 10.0. The fourth-order valence-electron chi connectivity index (χ4n) is 9.23. The van der Waals surface area contributed by atoms with Gasteiger partial charge in [-0.25, -0.2) is 19.6 Å². The summed E-state index contributed by atoms with van der Waals surface area (Å²) < 4.78 is 0. The van der Waals surface area contributed by atoms with Crippen molar-refractivity contribution >= 4 is 24.0 Å². The summed E-state index contributed by atoms with van der Waals surface area (Å²) in [6, 6.07) is 15.0. The van der Waals surface area contributed by atoms with Crippen LogP contribution in [0.2, 0.25) is 0 Å². The minimum atomic E-state index is -1.16. The number of carbonyl (C=O) groups is 4. The number of hydrogen-bond donors (Lipinski definition) is 6. The zero-order valence-corrected chi connectivity index (χ0v) is 29.5. The normalized spacial score (nSPS) is 27.5. The summed E-state index contributed by atoms with van der Waals surface area (Å²) in [6.07, 6.45) is 8.32. The van der Waals surface area contributed by atoms with Crippen LogP contribution < -0.4 is 10.6 Å². The number of aromatic nitrogens is 4. The molecule has 4 amide bonds. The van der Waals surface area contributed by atoms with Crippen molar-refractivity contribution in [2.45, 2.75) is 87.6 Å². The number of nitrogens with zero attached hydrogens (tertiary/aromatic N) is 4. The van der Waals surface area contributed by atoms with E-state index in [0.29, 0.717) is 11.8 Å². The lowest BCUT2D eigenvalue weighted by Gasteiger charge is -2.30. The average Bonchev–Trinajstić information content (AvgIpc) is 4.13. The number of hydrogen-bond acceptors (Lipinski definition) is 6. The molecule has 10 rings (SSSR count). The maximum Gasteiger partial charge on any atom is 0.405 e. The molecular formula is C40H42N8O6. The maximum absolute atomic E-state index is 13.6. The van der Waals surface area contributed by atoms with E-state index in [2.05, 4.69) is 69.1 Å². The van der Waals surface area contributed by atoms with Crippen molar-refractivity contribution in [3.05, 3.63) is 72.6 Å². The van der Waals surface area contributed by atoms with E-state index in [1.165, 1.54) is 0 Å². The van der Waals surface area contributed by atoms with Crippen LogP contribution in [0.4, 0.5) is 9.59 Å². The topological polar surface area (TPSA) is 197 Å². The molecule has 2 aliphatic heterocycles. The monoisotopic (exact) mass is 730 g/mol. The number of H-pyrrole nitrogens is 2. The lowest BCUT2D eigenvalue weighted by molar-refractivity contribution is -0.136. The second kappa shape index (κ2) is 12.5. The van der Waals surface area contributed by atoms with Crippen LogP contribution in [0.3, 0.4) is 0 Å². The molecule has 278 valence electrons. The summed E-state index contributed by atoms with van der Waals surface area (Å²) in [6.45, 7) is 0. The minimum absolute atomic E-state index is 0.0702. The van der Waals surface area contributed by atoms with Gasteiger partial charge in [0, 0.05) is 12.1 Å². The standard InChI is InChI=1S/C40H42N8O6/c49-37(33(23-9-10-23)45-39(51)52)47-29-13-25(29)15-31(47)35-41-17-27(43-35)21-5-1-19(2-6-21)20-3-7-22(8-4-20)28-18-42-36(44-28)32-16-26-14-30(26)48(32)38(50)34(24-11-12-24)46-40(53)54/h1-8,17-18,23-26,29-34,45-46H,9-16H2,(H,41,43)(H,42,44)(H,51,52)(H,53,54)/t25-,26-,29?,30?,31-,32-,33-,34-/m0/s1. The molecule has 6 N–H and O–H groups in total. The van der Waals surface area contributed by atoms with E-state index in [1.54, 1.807) is 12.4 Å². The lowest BCUT2D eigenvalue weighted by Crippen LogP contribution is -2.50. The van der Waals surface area contributed by atoms with Gasteiger partial charge in [0.05, 0.1) is 35.9 Å². The fourth-order valence-corrected chi connectivity index (χ4v) is 9.23. The van der Waals surface area contributed by atoms with Crippen molar-refractivity contribution in [1.29, 1.82) is 0 Å². The molecule has 6 fully saturated rings. The quantitative estimate of drug-likeness (QED) is 0.116. The average molecular weight is 731 g/mol. The van der Waals surface area contributed by atoms with E-state index in [1.807, 2.05) is 9.80 Å². The predicted octanol–water partition coefficient (Wildman–Crippen LogP) is 5.55. The van der Waals surface area contributed by atoms with Gasteiger partial charge in [-0.3, -0.25) is 9.59 Å². The van der Waals surface area contributed by atoms with Crippen molar-refractivity contribution in [3.8, 4) is 33.6 Å². The van der Waals surface area contributed by atoms with Gasteiger partial charge >= 0.3 is 12.2 Å². The first-order valence-corrected chi connectivity index (χ1v) is 19.1. The van der Waals surface area contributed by atoms with Gasteiger partial charge < -0.3 is 40.6 Å². The molecule has 14 heteroatoms. The number of imidazole rings is 2. The van der Waals surface area contributed by atoms with E-state index in [-0.39, 0.29) is 47.8 Å². The van der Waals surface area contributed by atoms with Crippen LogP contribution in [-0.4, -0.2) is 88.1 Å². The molecular weight excluding hydrogens is 688 g/mol. The number of nitrogens with one attached hydrogen (secondary N) is 4. The van der Waals surface area contributed by atoms with E-state index < -0.39 is 24.3 Å². The number of carbonyl (C=O) groups excluding carboxylic acids is 2. The summed E-state index contributed by atoms with van der Waals surface area (Å²) >= 11 is 0. The van der Waals surface area contributed by atoms with E-state index >= 15 is 0 Å². The van der Waals surface area contributed by atoms with E-state index in [4.69, 9.17) is 9.97 Å². The third kappa shape index (κ3) is 5.97. The summed E-state index contributed by atoms with van der Waals surface area (Å²) in [5.74, 6) is 2.22. The van der Waals surface area contributed by atoms with Crippen LogP contribution in [0, 0.1) is 23.7 Å². The number of rotatable bonds is 11. The van der Waals surface area contributed by atoms with Crippen molar-refractivity contribution < 1.29 is 29.4 Å². The zero-order valence-electron chi connectivity index (χ0n) is 29.5. The number of benzene rings is 2. The Morgan fingerprint density at radius 3 is 1.31 bits per heavy atom. The second-order valence-electron chi connectivity index (χ2n) is 16.2. The van der Waals surface area contributed by atoms with Crippen LogP contribution in [-0.2, 0) is 9.59 Å². The van der Waals surface area contributed by atoms with Gasteiger partial charge in [0.1, 0.15) is 23.7 Å². The molecule has 14 nitrogen and oxygen atoms in total. The molecule has 2 aromatic carbocycles. The highest BCUT2D eigenvalue weighted by Crippen LogP contribution is 2.55. The second-order valence-corrected chi connectivity index (χ2v) is 16.2. The molecule has 6 aliphatic rings. The first-order valence-electron chi connectivity index (χ1n) is 19.1. The summed E-state index contributed by atoms with van der Waals surface area (Å²) in [5, 5.41) is 23.7. The molecule has 4 heterocycles. The number of amides is 4. The Morgan fingerprint density at radius 1 is 0.593 bits per heavy atom. The van der Waals surface area contributed by atoms with Crippen molar-refractivity contribution in [1.82, 2.24) is 40.4 Å². The molecule has 2 unspecified atom stereocenters. The van der Waals surface area contributed by atoms with Crippen molar-refractivity contribution in [2.75, 3.05) is 0 Å². The van der Waals surface area contributed by atoms with Crippen LogP contribution in [0.15, 0.2) is 60.9 Å². The van der Waals surface area contributed by atoms with Gasteiger partial charge in [-0.05, 0) is 97.3 Å². The molecule has 4 saturated carbocycles. The maximum atomic E-state index is 13.6. The van der Waals surface area contributed by atoms with Crippen molar-refractivity contribution in [2.24, 2.45) is 23.7 Å². The highest BCUT2D eigenvalue weighted by Gasteiger charge is 2.58. The first kappa shape index (κ1) is 32.9. The molecule has 4 aromatic rings. The number of piperidine rings is 2. The molecule has 2 aromatic heterocycles. The Kier molecular flexibility index (Phi) is 7.60. The number of aromatic amines is 2. The molecule has 4 aliphatic carbocycles. The molecule has 0 radical (unpaired) electrons. The molecule has 8 atom stereocenters. The SMILES string of the molecule is O=C(O)N[C@H](C(=O)N1C2C[C@H]2C[C@H]1c1ncc(-c2ccc(-c3ccc(-c4cnc([C@@H]5C[C@@H]6CC6N5C(=O)[C@@H](NC(=O)O)C5CC5)[nH]4)cc3)cc2)[nH]1)C1CC1. The van der Waals surface area contributed by atoms with Crippen LogP contribution in [0.1, 0.15) is 75.1 Å². The highest BCUT2D eigenvalue weighted by molar-refractivity contribution is 5.88. The Labute approximate surface area is 310 Å². The van der Waals surface area contributed by atoms with Gasteiger partial charge in [0.15, 0.2) is 0 Å². The van der Waals surface area contributed by atoms with Crippen LogP contribution in [0.5, 0.6) is 0 Å². The summed E-state index contributed by atoms with van der Waals surface area (Å²) in [4.78, 5) is 70.3. The first-order chi connectivity index (χ1) is 26.2. The molecule has 2 saturated heterocycles. The highest BCUT2D eigenvalue weighted by atomic mass is 16.4. The molecule has 0 bridgehead atoms. The van der Waals surface area contributed by atoms with E-state index in [9.17, 15) is 29.4 Å². The third-order valence-electron chi connectivity index (χ3n) is 12.5. The van der Waals surface area contributed by atoms with Gasteiger partial charge in [-0.2, -0.15) is 0 Å². The Bertz CT molecular complexity index is 1990. The fraction of sp³-hybridized carbons (Fsp3) is 0.450. The number of carboxylic acid groups (broad SMARTS) is 2. The summed E-state index contributed by atoms with van der Waals surface area (Å²) in [5.41, 5.74) is 5.78. The van der Waals surface area contributed by atoms with Crippen molar-refractivity contribution in [3.63, 3.8) is 0 Å². The van der Waals surface area contributed by atoms with Crippen LogP contribution in [0.25, 0.3) is 33.6 Å². The van der Waals surface area contributed by atoms with Gasteiger partial charge in [-0.15, -0.1) is 0 Å². The number of fused-ring (bicyclic) bond motifs is 2. The van der Waals surface area contributed by atoms with Gasteiger partial charge in [0.2, 0.25) is 11.8 Å². The van der Waals surface area contributed by atoms with Crippen LogP contribution >= 0.6 is 0 Å². The smallest absolute Gasteiger partial charge is 0.405 e.